The summed E-state index contributed by atoms with van der Waals surface area (Å²) < 4.78 is 1.88. The van der Waals surface area contributed by atoms with Gasteiger partial charge in [0.1, 0.15) is 5.82 Å². The topological polar surface area (TPSA) is 92.2 Å². The maximum Gasteiger partial charge on any atom is 0.257 e. The molecule has 240 valence electrons. The first-order chi connectivity index (χ1) is 22.7. The average molecular weight is 627 g/mol. The lowest BCUT2D eigenvalue weighted by atomic mass is 9.74. The van der Waals surface area contributed by atoms with Gasteiger partial charge in [0, 0.05) is 43.3 Å². The van der Waals surface area contributed by atoms with Gasteiger partial charge in [-0.2, -0.15) is 5.10 Å². The highest BCUT2D eigenvalue weighted by Gasteiger charge is 2.39. The largest absolute Gasteiger partial charge is 0.368 e. The van der Waals surface area contributed by atoms with Crippen LogP contribution in [0.5, 0.6) is 0 Å². The fraction of sp³-hybridized carbons (Fsp3) is 0.282. The number of anilines is 2. The second-order valence-corrected chi connectivity index (χ2v) is 12.8. The molecule has 0 radical (unpaired) electrons. The number of aromatic nitrogens is 3. The number of likely N-dealkylation sites (tertiary alicyclic amines) is 1. The molecule has 2 N–H and O–H groups in total. The van der Waals surface area contributed by atoms with Gasteiger partial charge in [-0.05, 0) is 91.6 Å². The van der Waals surface area contributed by atoms with Crippen molar-refractivity contribution in [2.75, 3.05) is 17.2 Å². The molecule has 1 aliphatic rings. The number of carbonyl (C=O) groups is 2. The zero-order chi connectivity index (χ0) is 33.1. The summed E-state index contributed by atoms with van der Waals surface area (Å²) in [6.45, 7) is 8.88. The summed E-state index contributed by atoms with van der Waals surface area (Å²) in [6, 6.07) is 30.4. The van der Waals surface area contributed by atoms with E-state index in [1.807, 2.05) is 80.0 Å². The molecule has 0 saturated carbocycles. The molecule has 0 spiro atoms. The van der Waals surface area contributed by atoms with Crippen LogP contribution in [0.3, 0.4) is 0 Å². The molecular weight excluding hydrogens is 584 g/mol. The average Bonchev–Trinajstić information content (AvgIpc) is 3.51. The number of aryl methyl sites for hydroxylation is 2. The predicted octanol–water partition coefficient (Wildman–Crippen LogP) is 7.87. The Bertz CT molecular complexity index is 1850. The normalized spacial score (nSPS) is 17.8. The molecule has 1 fully saturated rings. The van der Waals surface area contributed by atoms with Crippen molar-refractivity contribution in [3.8, 4) is 11.3 Å². The summed E-state index contributed by atoms with van der Waals surface area (Å²) in [5.41, 5.74) is 7.09. The van der Waals surface area contributed by atoms with Gasteiger partial charge in [0.2, 0.25) is 0 Å². The number of carbonyl (C=O) groups excluding carboxylic acids is 2. The lowest BCUT2D eigenvalue weighted by Gasteiger charge is -2.45. The summed E-state index contributed by atoms with van der Waals surface area (Å²) in [6.07, 6.45) is 4.23. The van der Waals surface area contributed by atoms with Gasteiger partial charge in [0.05, 0.1) is 17.3 Å². The standard InChI is InChI=1S/C39H42N6O2/c1-25(2)42-36-18-17-32(24-40-36)38(46)43-34-23-31(12-11-26(34)3)39(47)45-22-20-33(27(4)37(45)30-9-7-6-8-10-30)28-13-15-29(16-14-28)35-19-21-41-44(35)5/h6-19,21,23-25,27,33,37H,20,22H2,1-5H3,(H,40,42)(H,43,46)/t27-,33+,37?/m1/s1. The Labute approximate surface area is 276 Å². The van der Waals surface area contributed by atoms with Gasteiger partial charge in [-0.1, -0.05) is 67.6 Å². The zero-order valence-corrected chi connectivity index (χ0v) is 27.6. The molecule has 2 amide bonds. The van der Waals surface area contributed by atoms with E-state index in [2.05, 4.69) is 64.0 Å². The number of benzene rings is 3. The predicted molar refractivity (Wildman–Crippen MR) is 188 cm³/mol. The molecule has 8 nitrogen and oxygen atoms in total. The molecule has 1 saturated heterocycles. The van der Waals surface area contributed by atoms with Gasteiger partial charge in [-0.25, -0.2) is 4.98 Å². The quantitative estimate of drug-likeness (QED) is 0.183. The Morgan fingerprint density at radius 3 is 2.30 bits per heavy atom. The minimum Gasteiger partial charge on any atom is -0.368 e. The Hall–Kier alpha value is -5.24. The molecule has 0 aliphatic carbocycles. The van der Waals surface area contributed by atoms with Crippen molar-refractivity contribution in [3.05, 3.63) is 131 Å². The first-order valence-electron chi connectivity index (χ1n) is 16.3. The van der Waals surface area contributed by atoms with Crippen LogP contribution < -0.4 is 10.6 Å². The van der Waals surface area contributed by atoms with Crippen LogP contribution in [-0.2, 0) is 7.05 Å². The molecule has 2 aromatic heterocycles. The van der Waals surface area contributed by atoms with Crippen molar-refractivity contribution in [3.63, 3.8) is 0 Å². The number of nitrogens with one attached hydrogen (secondary N) is 2. The monoisotopic (exact) mass is 626 g/mol. The molecule has 1 aliphatic heterocycles. The molecule has 47 heavy (non-hydrogen) atoms. The number of hydrogen-bond donors (Lipinski definition) is 2. The summed E-state index contributed by atoms with van der Waals surface area (Å²) in [5.74, 6) is 0.855. The lowest BCUT2D eigenvalue weighted by Crippen LogP contribution is -2.45. The fourth-order valence-corrected chi connectivity index (χ4v) is 6.73. The van der Waals surface area contributed by atoms with Crippen molar-refractivity contribution < 1.29 is 9.59 Å². The molecule has 3 atom stereocenters. The van der Waals surface area contributed by atoms with E-state index in [0.717, 1.165) is 28.8 Å². The molecule has 1 unspecified atom stereocenters. The Morgan fingerprint density at radius 2 is 1.64 bits per heavy atom. The van der Waals surface area contributed by atoms with Crippen molar-refractivity contribution >= 4 is 23.3 Å². The highest BCUT2D eigenvalue weighted by molar-refractivity contribution is 6.05. The van der Waals surface area contributed by atoms with Crippen LogP contribution >= 0.6 is 0 Å². The third-order valence-electron chi connectivity index (χ3n) is 9.20. The van der Waals surface area contributed by atoms with E-state index >= 15 is 0 Å². The minimum atomic E-state index is -0.271. The molecule has 3 aromatic carbocycles. The van der Waals surface area contributed by atoms with Crippen molar-refractivity contribution in [2.45, 2.75) is 52.1 Å². The maximum absolute atomic E-state index is 14.3. The number of rotatable bonds is 8. The fourth-order valence-electron chi connectivity index (χ4n) is 6.73. The number of amides is 2. The summed E-state index contributed by atoms with van der Waals surface area (Å²) in [4.78, 5) is 33.9. The van der Waals surface area contributed by atoms with Gasteiger partial charge in [0.25, 0.3) is 11.8 Å². The summed E-state index contributed by atoms with van der Waals surface area (Å²) in [7, 11) is 1.95. The van der Waals surface area contributed by atoms with Crippen LogP contribution in [0.25, 0.3) is 11.3 Å². The van der Waals surface area contributed by atoms with Crippen LogP contribution in [-0.4, -0.2) is 44.1 Å². The van der Waals surface area contributed by atoms with E-state index in [1.165, 1.54) is 5.56 Å². The van der Waals surface area contributed by atoms with Gasteiger partial charge >= 0.3 is 0 Å². The molecule has 5 aromatic rings. The SMILES string of the molecule is Cc1ccc(C(=O)N2CC[C@H](c3ccc(-c4ccnn4C)cc3)[C@@H](C)C2c2ccccc2)cc1NC(=O)c1ccc(NC(C)C)nc1. The van der Waals surface area contributed by atoms with E-state index in [9.17, 15) is 9.59 Å². The highest BCUT2D eigenvalue weighted by atomic mass is 16.2. The number of pyridine rings is 1. The number of piperidine rings is 1. The molecular formula is C39H42N6O2. The summed E-state index contributed by atoms with van der Waals surface area (Å²) >= 11 is 0. The van der Waals surface area contributed by atoms with E-state index in [4.69, 9.17) is 0 Å². The smallest absolute Gasteiger partial charge is 0.257 e. The van der Waals surface area contributed by atoms with Crippen LogP contribution in [0.2, 0.25) is 0 Å². The van der Waals surface area contributed by atoms with Gasteiger partial charge in [-0.15, -0.1) is 0 Å². The molecule has 0 bridgehead atoms. The third-order valence-corrected chi connectivity index (χ3v) is 9.20. The minimum absolute atomic E-state index is 0.0445. The lowest BCUT2D eigenvalue weighted by molar-refractivity contribution is 0.0466. The van der Waals surface area contributed by atoms with Crippen LogP contribution in [0.4, 0.5) is 11.5 Å². The van der Waals surface area contributed by atoms with E-state index < -0.39 is 0 Å². The summed E-state index contributed by atoms with van der Waals surface area (Å²) in [5, 5.41) is 10.6. The second-order valence-electron chi connectivity index (χ2n) is 12.8. The van der Waals surface area contributed by atoms with Crippen molar-refractivity contribution in [2.24, 2.45) is 13.0 Å². The third kappa shape index (κ3) is 6.82. The van der Waals surface area contributed by atoms with Crippen molar-refractivity contribution in [1.29, 1.82) is 0 Å². The Morgan fingerprint density at radius 1 is 0.894 bits per heavy atom. The second kappa shape index (κ2) is 13.6. The van der Waals surface area contributed by atoms with E-state index in [0.29, 0.717) is 29.2 Å². The van der Waals surface area contributed by atoms with Gasteiger partial charge in [-0.3, -0.25) is 14.3 Å². The van der Waals surface area contributed by atoms with Gasteiger partial charge < -0.3 is 15.5 Å². The van der Waals surface area contributed by atoms with E-state index in [1.54, 1.807) is 24.4 Å². The van der Waals surface area contributed by atoms with Gasteiger partial charge in [0.15, 0.2) is 0 Å². The maximum atomic E-state index is 14.3. The number of hydrogen-bond acceptors (Lipinski definition) is 5. The van der Waals surface area contributed by atoms with Crippen LogP contribution in [0.15, 0.2) is 103 Å². The first-order valence-corrected chi connectivity index (χ1v) is 16.3. The zero-order valence-electron chi connectivity index (χ0n) is 27.6. The van der Waals surface area contributed by atoms with E-state index in [-0.39, 0.29) is 35.7 Å². The highest BCUT2D eigenvalue weighted by Crippen LogP contribution is 2.45. The Balaban J connectivity index is 1.24. The number of nitrogens with zero attached hydrogens (tertiary/aromatic N) is 4. The van der Waals surface area contributed by atoms with Crippen LogP contribution in [0, 0.1) is 12.8 Å². The van der Waals surface area contributed by atoms with Crippen molar-refractivity contribution in [1.82, 2.24) is 19.7 Å². The molecule has 8 heteroatoms. The first kappa shape index (κ1) is 31.7. The molecule has 6 rings (SSSR count). The molecule has 3 heterocycles. The van der Waals surface area contributed by atoms with Crippen LogP contribution in [0.1, 0.15) is 76.6 Å². The Kier molecular flexibility index (Phi) is 9.20.